The molecule has 0 amide bonds. The van der Waals surface area contributed by atoms with Crippen molar-refractivity contribution in [1.82, 2.24) is 4.90 Å². The standard InChI is InChI=1S/C14H23NO4/c1-9(2)15(7-10(3)16)8-12-6-13(11(4)19-12)14(17)18-5/h6,9-10,16H,7-8H2,1-5H3. The summed E-state index contributed by atoms with van der Waals surface area (Å²) >= 11 is 0. The summed E-state index contributed by atoms with van der Waals surface area (Å²) in [7, 11) is 1.35. The number of furan rings is 1. The minimum atomic E-state index is -0.404. The zero-order valence-corrected chi connectivity index (χ0v) is 12.3. The average molecular weight is 269 g/mol. The number of carbonyl (C=O) groups is 1. The fourth-order valence-electron chi connectivity index (χ4n) is 1.93. The second-order valence-corrected chi connectivity index (χ2v) is 5.05. The van der Waals surface area contributed by atoms with Crippen molar-refractivity contribution in [3.63, 3.8) is 0 Å². The van der Waals surface area contributed by atoms with Crippen LogP contribution in [0.2, 0.25) is 0 Å². The Hall–Kier alpha value is -1.33. The second-order valence-electron chi connectivity index (χ2n) is 5.05. The first kappa shape index (κ1) is 15.7. The molecule has 0 saturated carbocycles. The Bertz CT molecular complexity index is 423. The Morgan fingerprint density at radius 2 is 2.11 bits per heavy atom. The lowest BCUT2D eigenvalue weighted by Gasteiger charge is -2.26. The summed E-state index contributed by atoms with van der Waals surface area (Å²) in [4.78, 5) is 13.6. The fourth-order valence-corrected chi connectivity index (χ4v) is 1.93. The van der Waals surface area contributed by atoms with E-state index in [0.29, 0.717) is 30.2 Å². The molecule has 0 radical (unpaired) electrons. The summed E-state index contributed by atoms with van der Waals surface area (Å²) in [6.45, 7) is 8.72. The molecule has 5 nitrogen and oxygen atoms in total. The highest BCUT2D eigenvalue weighted by Gasteiger charge is 2.19. The molecule has 1 unspecified atom stereocenters. The molecule has 1 N–H and O–H groups in total. The summed E-state index contributed by atoms with van der Waals surface area (Å²) in [6, 6.07) is 1.99. The maximum absolute atomic E-state index is 11.5. The van der Waals surface area contributed by atoms with Gasteiger partial charge in [0.05, 0.1) is 19.8 Å². The van der Waals surface area contributed by atoms with Gasteiger partial charge in [0.25, 0.3) is 0 Å². The van der Waals surface area contributed by atoms with Crippen LogP contribution in [0.4, 0.5) is 0 Å². The summed E-state index contributed by atoms with van der Waals surface area (Å²) in [5.41, 5.74) is 0.457. The van der Waals surface area contributed by atoms with Gasteiger partial charge in [0.15, 0.2) is 0 Å². The smallest absolute Gasteiger partial charge is 0.341 e. The molecule has 0 spiro atoms. The fraction of sp³-hybridized carbons (Fsp3) is 0.643. The van der Waals surface area contributed by atoms with E-state index in [0.717, 1.165) is 0 Å². The first-order chi connectivity index (χ1) is 8.85. The van der Waals surface area contributed by atoms with E-state index in [1.165, 1.54) is 7.11 Å². The summed E-state index contributed by atoms with van der Waals surface area (Å²) in [5.74, 6) is 0.869. The van der Waals surface area contributed by atoms with Gasteiger partial charge in [-0.3, -0.25) is 4.90 Å². The molecule has 1 aromatic heterocycles. The molecule has 1 rings (SSSR count). The molecule has 1 atom stereocenters. The number of esters is 1. The quantitative estimate of drug-likeness (QED) is 0.800. The van der Waals surface area contributed by atoms with E-state index in [-0.39, 0.29) is 12.0 Å². The highest BCUT2D eigenvalue weighted by Crippen LogP contribution is 2.18. The maximum Gasteiger partial charge on any atom is 0.341 e. The molecule has 5 heteroatoms. The molecular weight excluding hydrogens is 246 g/mol. The highest BCUT2D eigenvalue weighted by atomic mass is 16.5. The van der Waals surface area contributed by atoms with Gasteiger partial charge in [-0.25, -0.2) is 4.79 Å². The molecule has 1 aromatic rings. The Labute approximate surface area is 114 Å². The summed E-state index contributed by atoms with van der Waals surface area (Å²) in [6.07, 6.45) is -0.404. The van der Waals surface area contributed by atoms with E-state index in [1.807, 2.05) is 0 Å². The predicted molar refractivity (Wildman–Crippen MR) is 72.0 cm³/mol. The third-order valence-corrected chi connectivity index (χ3v) is 2.96. The van der Waals surface area contributed by atoms with Crippen LogP contribution in [0.3, 0.4) is 0 Å². The van der Waals surface area contributed by atoms with E-state index in [9.17, 15) is 9.90 Å². The molecule has 0 aromatic carbocycles. The monoisotopic (exact) mass is 269 g/mol. The van der Waals surface area contributed by atoms with E-state index in [4.69, 9.17) is 9.15 Å². The SMILES string of the molecule is COC(=O)c1cc(CN(CC(C)O)C(C)C)oc1C. The topological polar surface area (TPSA) is 62.9 Å². The highest BCUT2D eigenvalue weighted by molar-refractivity contribution is 5.90. The first-order valence-electron chi connectivity index (χ1n) is 6.44. The van der Waals surface area contributed by atoms with Gasteiger partial charge in [-0.1, -0.05) is 0 Å². The average Bonchev–Trinajstić information content (AvgIpc) is 2.67. The van der Waals surface area contributed by atoms with Crippen molar-refractivity contribution < 1.29 is 19.1 Å². The van der Waals surface area contributed by atoms with Gasteiger partial charge in [0.1, 0.15) is 17.1 Å². The van der Waals surface area contributed by atoms with E-state index >= 15 is 0 Å². The maximum atomic E-state index is 11.5. The Kier molecular flexibility index (Phi) is 5.57. The van der Waals surface area contributed by atoms with Gasteiger partial charge in [0.2, 0.25) is 0 Å². The lowest BCUT2D eigenvalue weighted by Crippen LogP contribution is -2.35. The molecule has 1 heterocycles. The van der Waals surface area contributed by atoms with Gasteiger partial charge in [-0.2, -0.15) is 0 Å². The minimum Gasteiger partial charge on any atom is -0.465 e. The number of aryl methyl sites for hydroxylation is 1. The zero-order chi connectivity index (χ0) is 14.6. The number of aliphatic hydroxyl groups is 1. The number of hydrogen-bond acceptors (Lipinski definition) is 5. The largest absolute Gasteiger partial charge is 0.465 e. The van der Waals surface area contributed by atoms with Crippen molar-refractivity contribution in [3.8, 4) is 0 Å². The van der Waals surface area contributed by atoms with Crippen LogP contribution < -0.4 is 0 Å². The van der Waals surface area contributed by atoms with Crippen LogP contribution in [-0.2, 0) is 11.3 Å². The number of methoxy groups -OCH3 is 1. The summed E-state index contributed by atoms with van der Waals surface area (Å²) in [5, 5.41) is 9.49. The molecule has 0 saturated heterocycles. The first-order valence-corrected chi connectivity index (χ1v) is 6.44. The molecule has 0 aliphatic heterocycles. The predicted octanol–water partition coefficient (Wildman–Crippen LogP) is 1.97. The third-order valence-electron chi connectivity index (χ3n) is 2.96. The van der Waals surface area contributed by atoms with Gasteiger partial charge in [-0.15, -0.1) is 0 Å². The van der Waals surface area contributed by atoms with Crippen LogP contribution in [0, 0.1) is 6.92 Å². The van der Waals surface area contributed by atoms with E-state index in [2.05, 4.69) is 18.7 Å². The van der Waals surface area contributed by atoms with Crippen molar-refractivity contribution in [3.05, 3.63) is 23.2 Å². The Morgan fingerprint density at radius 1 is 1.47 bits per heavy atom. The molecule has 0 aliphatic rings. The van der Waals surface area contributed by atoms with Gasteiger partial charge in [0, 0.05) is 12.6 Å². The second kappa shape index (κ2) is 6.73. The van der Waals surface area contributed by atoms with Crippen LogP contribution in [0.5, 0.6) is 0 Å². The Morgan fingerprint density at radius 3 is 2.58 bits per heavy atom. The van der Waals surface area contributed by atoms with Crippen LogP contribution in [0.25, 0.3) is 0 Å². The normalized spacial score (nSPS) is 13.1. The van der Waals surface area contributed by atoms with Gasteiger partial charge < -0.3 is 14.3 Å². The molecular formula is C14H23NO4. The zero-order valence-electron chi connectivity index (χ0n) is 12.3. The number of nitrogens with zero attached hydrogens (tertiary/aromatic N) is 1. The lowest BCUT2D eigenvalue weighted by molar-refractivity contribution is 0.0599. The van der Waals surface area contributed by atoms with Gasteiger partial charge in [-0.05, 0) is 33.8 Å². The lowest BCUT2D eigenvalue weighted by atomic mass is 10.2. The number of hydrogen-bond donors (Lipinski definition) is 1. The van der Waals surface area contributed by atoms with E-state index in [1.54, 1.807) is 19.9 Å². The molecule has 0 fully saturated rings. The molecule has 108 valence electrons. The van der Waals surface area contributed by atoms with Crippen molar-refractivity contribution >= 4 is 5.97 Å². The van der Waals surface area contributed by atoms with Crippen molar-refractivity contribution in [2.45, 2.75) is 46.4 Å². The summed E-state index contributed by atoms with van der Waals surface area (Å²) < 4.78 is 10.3. The Balaban J connectivity index is 2.83. The van der Waals surface area contributed by atoms with Crippen LogP contribution in [-0.4, -0.2) is 41.8 Å². The third kappa shape index (κ3) is 4.36. The molecule has 0 aliphatic carbocycles. The minimum absolute atomic E-state index is 0.279. The van der Waals surface area contributed by atoms with Crippen LogP contribution in [0.1, 0.15) is 42.6 Å². The molecule has 0 bridgehead atoms. The van der Waals surface area contributed by atoms with Crippen molar-refractivity contribution in [2.24, 2.45) is 0 Å². The number of carbonyl (C=O) groups excluding carboxylic acids is 1. The molecule has 19 heavy (non-hydrogen) atoms. The van der Waals surface area contributed by atoms with Crippen LogP contribution in [0.15, 0.2) is 10.5 Å². The van der Waals surface area contributed by atoms with E-state index < -0.39 is 6.10 Å². The number of ether oxygens (including phenoxy) is 1. The number of aliphatic hydroxyl groups excluding tert-OH is 1. The van der Waals surface area contributed by atoms with Crippen molar-refractivity contribution in [1.29, 1.82) is 0 Å². The van der Waals surface area contributed by atoms with Gasteiger partial charge >= 0.3 is 5.97 Å². The van der Waals surface area contributed by atoms with Crippen LogP contribution >= 0.6 is 0 Å². The number of rotatable bonds is 6. The van der Waals surface area contributed by atoms with Crippen molar-refractivity contribution in [2.75, 3.05) is 13.7 Å².